The molecule has 1 fully saturated rings. The quantitative estimate of drug-likeness (QED) is 0.697. The fraction of sp³-hybridized carbons (Fsp3) is 0.458. The number of piperazine rings is 1. The largest absolute Gasteiger partial charge is 0.497 e. The SMILES string of the molecule is C/C=C/C(=C1/N=C(N(C)CCN2CCN(C)CC2)C=CN1C)c1cc(OC)ccc1F. The number of rotatable bonds is 6. The molecule has 0 radical (unpaired) electrons. The molecule has 0 unspecified atom stereocenters. The summed E-state index contributed by atoms with van der Waals surface area (Å²) in [4.78, 5) is 13.8. The first-order valence-corrected chi connectivity index (χ1v) is 10.8. The lowest BCUT2D eigenvalue weighted by molar-refractivity contribution is 0.149. The van der Waals surface area contributed by atoms with Crippen molar-refractivity contribution in [1.82, 2.24) is 19.6 Å². The van der Waals surface area contributed by atoms with Gasteiger partial charge >= 0.3 is 0 Å². The summed E-state index contributed by atoms with van der Waals surface area (Å²) in [7, 11) is 7.74. The molecule has 6 nitrogen and oxygen atoms in total. The molecule has 168 valence electrons. The van der Waals surface area contributed by atoms with Crippen LogP contribution in [-0.4, -0.2) is 93.0 Å². The Morgan fingerprint density at radius 1 is 1.23 bits per heavy atom. The van der Waals surface area contributed by atoms with Gasteiger partial charge in [0.1, 0.15) is 23.2 Å². The summed E-state index contributed by atoms with van der Waals surface area (Å²) in [5.74, 6) is 1.88. The van der Waals surface area contributed by atoms with E-state index in [4.69, 9.17) is 9.73 Å². The lowest BCUT2D eigenvalue weighted by atomic mass is 10.0. The molecule has 0 N–H and O–H groups in total. The highest BCUT2D eigenvalue weighted by molar-refractivity contribution is 5.95. The molecule has 1 aromatic rings. The maximum atomic E-state index is 14.7. The van der Waals surface area contributed by atoms with Gasteiger partial charge in [0.05, 0.1) is 7.11 Å². The van der Waals surface area contributed by atoms with E-state index in [9.17, 15) is 4.39 Å². The van der Waals surface area contributed by atoms with E-state index >= 15 is 0 Å². The number of ether oxygens (including phenoxy) is 1. The Morgan fingerprint density at radius 2 is 1.97 bits per heavy atom. The van der Waals surface area contributed by atoms with Crippen LogP contribution >= 0.6 is 0 Å². The molecule has 0 spiro atoms. The second-order valence-electron chi connectivity index (χ2n) is 8.05. The van der Waals surface area contributed by atoms with E-state index in [0.717, 1.165) is 50.7 Å². The van der Waals surface area contributed by atoms with Gasteiger partial charge in [-0.25, -0.2) is 9.38 Å². The lowest BCUT2D eigenvalue weighted by Gasteiger charge is -2.34. The van der Waals surface area contributed by atoms with Gasteiger partial charge in [0, 0.05) is 70.7 Å². The van der Waals surface area contributed by atoms with Crippen molar-refractivity contribution in [2.75, 3.05) is 67.5 Å². The molecule has 7 heteroatoms. The third-order valence-electron chi connectivity index (χ3n) is 5.78. The average molecular weight is 428 g/mol. The summed E-state index contributed by atoms with van der Waals surface area (Å²) in [5, 5.41) is 0. The zero-order chi connectivity index (χ0) is 22.4. The zero-order valence-electron chi connectivity index (χ0n) is 19.3. The molecule has 0 atom stereocenters. The Bertz CT molecular complexity index is 884. The average Bonchev–Trinajstić information content (AvgIpc) is 2.78. The van der Waals surface area contributed by atoms with Gasteiger partial charge in [-0.3, -0.25) is 4.90 Å². The smallest absolute Gasteiger partial charge is 0.142 e. The number of nitrogens with zero attached hydrogens (tertiary/aromatic N) is 5. The number of methoxy groups -OCH3 is 1. The van der Waals surface area contributed by atoms with Crippen LogP contribution in [0.1, 0.15) is 12.5 Å². The van der Waals surface area contributed by atoms with Crippen LogP contribution in [0.5, 0.6) is 5.75 Å². The van der Waals surface area contributed by atoms with Crippen molar-refractivity contribution in [2.24, 2.45) is 4.99 Å². The van der Waals surface area contributed by atoms with E-state index < -0.39 is 0 Å². The lowest BCUT2D eigenvalue weighted by Crippen LogP contribution is -2.47. The number of halogens is 1. The Balaban J connectivity index is 1.86. The molecule has 1 saturated heterocycles. The summed E-state index contributed by atoms with van der Waals surface area (Å²) in [6, 6.07) is 4.78. The molecule has 0 aliphatic carbocycles. The van der Waals surface area contributed by atoms with Gasteiger partial charge in [-0.05, 0) is 38.2 Å². The molecular formula is C24H34FN5O. The molecule has 1 aromatic carbocycles. The van der Waals surface area contributed by atoms with Crippen LogP contribution in [0.4, 0.5) is 4.39 Å². The van der Waals surface area contributed by atoms with E-state index in [1.807, 2.05) is 43.3 Å². The highest BCUT2D eigenvalue weighted by Gasteiger charge is 2.20. The molecular weight excluding hydrogens is 393 g/mol. The molecule has 0 aromatic heterocycles. The minimum absolute atomic E-state index is 0.301. The topological polar surface area (TPSA) is 34.5 Å². The molecule has 2 aliphatic rings. The number of benzene rings is 1. The first-order chi connectivity index (χ1) is 14.9. The van der Waals surface area contributed by atoms with Gasteiger partial charge in [0.15, 0.2) is 0 Å². The van der Waals surface area contributed by atoms with E-state index in [0.29, 0.717) is 17.1 Å². The predicted octanol–water partition coefficient (Wildman–Crippen LogP) is 3.12. The van der Waals surface area contributed by atoms with Crippen molar-refractivity contribution in [3.8, 4) is 5.75 Å². The molecule has 2 heterocycles. The van der Waals surface area contributed by atoms with E-state index in [2.05, 4.69) is 28.8 Å². The number of aliphatic imine (C=N–C) groups is 1. The van der Waals surface area contributed by atoms with Crippen molar-refractivity contribution in [3.63, 3.8) is 0 Å². The van der Waals surface area contributed by atoms with Gasteiger partial charge in [-0.15, -0.1) is 0 Å². The van der Waals surface area contributed by atoms with Crippen LogP contribution in [0.15, 0.2) is 53.4 Å². The van der Waals surface area contributed by atoms with E-state index in [1.54, 1.807) is 19.2 Å². The molecule has 2 aliphatic heterocycles. The van der Waals surface area contributed by atoms with Gasteiger partial charge < -0.3 is 19.4 Å². The summed E-state index contributed by atoms with van der Waals surface area (Å²) < 4.78 is 20.1. The highest BCUT2D eigenvalue weighted by atomic mass is 19.1. The molecule has 3 rings (SSSR count). The van der Waals surface area contributed by atoms with Crippen LogP contribution in [-0.2, 0) is 0 Å². The van der Waals surface area contributed by atoms with Gasteiger partial charge in [0.25, 0.3) is 0 Å². The van der Waals surface area contributed by atoms with Gasteiger partial charge in [-0.2, -0.15) is 0 Å². The Hall–Kier alpha value is -2.64. The van der Waals surface area contributed by atoms with Crippen LogP contribution in [0.2, 0.25) is 0 Å². The summed E-state index contributed by atoms with van der Waals surface area (Å²) >= 11 is 0. The molecule has 0 saturated carbocycles. The van der Waals surface area contributed by atoms with Crippen LogP contribution in [0.25, 0.3) is 5.57 Å². The maximum Gasteiger partial charge on any atom is 0.142 e. The van der Waals surface area contributed by atoms with Gasteiger partial charge in [-0.1, -0.05) is 12.2 Å². The van der Waals surface area contributed by atoms with Crippen molar-refractivity contribution in [1.29, 1.82) is 0 Å². The van der Waals surface area contributed by atoms with Crippen LogP contribution < -0.4 is 4.74 Å². The van der Waals surface area contributed by atoms with E-state index in [-0.39, 0.29) is 5.82 Å². The summed E-state index contributed by atoms with van der Waals surface area (Å²) in [5.41, 5.74) is 1.19. The summed E-state index contributed by atoms with van der Waals surface area (Å²) in [6.07, 6.45) is 7.78. The first kappa shape index (κ1) is 23.0. The number of amidine groups is 1. The van der Waals surface area contributed by atoms with E-state index in [1.165, 1.54) is 6.07 Å². The Kier molecular flexibility index (Phi) is 7.87. The zero-order valence-corrected chi connectivity index (χ0v) is 19.3. The minimum atomic E-state index is -0.301. The molecule has 0 bridgehead atoms. The van der Waals surface area contributed by atoms with Crippen molar-refractivity contribution >= 4 is 11.4 Å². The van der Waals surface area contributed by atoms with Crippen molar-refractivity contribution in [2.45, 2.75) is 6.92 Å². The van der Waals surface area contributed by atoms with Crippen molar-refractivity contribution < 1.29 is 9.13 Å². The fourth-order valence-electron chi connectivity index (χ4n) is 3.70. The highest BCUT2D eigenvalue weighted by Crippen LogP contribution is 2.30. The standard InChI is InChI=1S/C24H34FN5O/c1-6-7-20(21-18-19(31-5)8-9-22(21)25)24-26-23(10-11-29(24)4)28(3)14-17-30-15-12-27(2)13-16-30/h6-11,18H,12-17H2,1-5H3/b7-6+,24-20+. The fourth-order valence-corrected chi connectivity index (χ4v) is 3.70. The molecule has 0 amide bonds. The molecule has 31 heavy (non-hydrogen) atoms. The van der Waals surface area contributed by atoms with Crippen molar-refractivity contribution in [3.05, 3.63) is 59.8 Å². The number of hydrogen-bond acceptors (Lipinski definition) is 6. The second-order valence-corrected chi connectivity index (χ2v) is 8.05. The van der Waals surface area contributed by atoms with Crippen LogP contribution in [0.3, 0.4) is 0 Å². The number of allylic oxidation sites excluding steroid dienone is 3. The first-order valence-electron chi connectivity index (χ1n) is 10.8. The number of hydrogen-bond donors (Lipinski definition) is 0. The monoisotopic (exact) mass is 427 g/mol. The normalized spacial score (nSPS) is 19.7. The third-order valence-corrected chi connectivity index (χ3v) is 5.78. The Morgan fingerprint density at radius 3 is 2.65 bits per heavy atom. The second kappa shape index (κ2) is 10.6. The minimum Gasteiger partial charge on any atom is -0.497 e. The maximum absolute atomic E-state index is 14.7. The Labute approximate surface area is 185 Å². The third kappa shape index (κ3) is 5.74. The van der Waals surface area contributed by atoms with Gasteiger partial charge in [0.2, 0.25) is 0 Å². The van der Waals surface area contributed by atoms with Crippen LogP contribution in [0, 0.1) is 5.82 Å². The summed E-state index contributed by atoms with van der Waals surface area (Å²) in [6.45, 7) is 8.23. The predicted molar refractivity (Wildman–Crippen MR) is 126 cm³/mol. The number of likely N-dealkylation sites (N-methyl/N-ethyl adjacent to an activating group) is 2.